The van der Waals surface area contributed by atoms with Crippen LogP contribution in [0.3, 0.4) is 0 Å². The lowest BCUT2D eigenvalue weighted by molar-refractivity contribution is -0.124. The molecule has 0 atom stereocenters. The number of imidazole rings is 1. The van der Waals surface area contributed by atoms with Gasteiger partial charge in [-0.2, -0.15) is 0 Å². The van der Waals surface area contributed by atoms with Gasteiger partial charge in [-0.1, -0.05) is 0 Å². The van der Waals surface area contributed by atoms with Crippen LogP contribution >= 0.6 is 0 Å². The van der Waals surface area contributed by atoms with Gasteiger partial charge in [-0.3, -0.25) is 4.79 Å². The summed E-state index contributed by atoms with van der Waals surface area (Å²) >= 11 is 0. The minimum Gasteiger partial charge on any atom is -0.381 e. The fraction of sp³-hybridized carbons (Fsp3) is 0.333. The number of amides is 1. The molecule has 0 radical (unpaired) electrons. The molecule has 6 nitrogen and oxygen atoms in total. The highest BCUT2D eigenvalue weighted by atomic mass is 19.1. The van der Waals surface area contributed by atoms with Crippen molar-refractivity contribution in [1.29, 1.82) is 0 Å². The third kappa shape index (κ3) is 2.86. The van der Waals surface area contributed by atoms with Crippen LogP contribution in [-0.4, -0.2) is 34.2 Å². The van der Waals surface area contributed by atoms with Crippen LogP contribution in [0.5, 0.6) is 0 Å². The second-order valence-corrected chi connectivity index (χ2v) is 5.36. The highest BCUT2D eigenvalue weighted by Crippen LogP contribution is 2.22. The molecule has 1 aromatic heterocycles. The van der Waals surface area contributed by atoms with E-state index >= 15 is 0 Å². The van der Waals surface area contributed by atoms with E-state index in [9.17, 15) is 9.18 Å². The number of halogens is 1. The Morgan fingerprint density at radius 3 is 2.82 bits per heavy atom. The van der Waals surface area contributed by atoms with Gasteiger partial charge in [0.25, 0.3) is 0 Å². The van der Waals surface area contributed by atoms with Crippen molar-refractivity contribution in [2.24, 2.45) is 5.73 Å². The summed E-state index contributed by atoms with van der Waals surface area (Å²) in [5.74, 6) is -0.764. The molecular formula is C15H17FN4O2. The normalized spacial score (nSPS) is 17.2. The second kappa shape index (κ2) is 5.86. The van der Waals surface area contributed by atoms with Crippen LogP contribution in [0.4, 0.5) is 10.1 Å². The molecule has 1 amide bonds. The van der Waals surface area contributed by atoms with Gasteiger partial charge in [-0.15, -0.1) is 0 Å². The molecule has 0 bridgehead atoms. The van der Waals surface area contributed by atoms with Crippen molar-refractivity contribution in [3.63, 3.8) is 0 Å². The zero-order valence-corrected chi connectivity index (χ0v) is 12.0. The van der Waals surface area contributed by atoms with Crippen LogP contribution in [0.25, 0.3) is 5.69 Å². The fourth-order valence-corrected chi connectivity index (χ4v) is 2.41. The number of nitrogens with one attached hydrogen (secondary N) is 1. The topological polar surface area (TPSA) is 82.2 Å². The van der Waals surface area contributed by atoms with Crippen molar-refractivity contribution in [3.8, 4) is 5.69 Å². The molecule has 1 aromatic carbocycles. The van der Waals surface area contributed by atoms with Crippen LogP contribution in [0, 0.1) is 5.82 Å². The Morgan fingerprint density at radius 1 is 1.41 bits per heavy atom. The van der Waals surface area contributed by atoms with E-state index in [0.717, 1.165) is 0 Å². The predicted octanol–water partition coefficient (Wildman–Crippen LogP) is 1.46. The number of anilines is 1. The Morgan fingerprint density at radius 2 is 2.18 bits per heavy atom. The molecule has 0 unspecified atom stereocenters. The summed E-state index contributed by atoms with van der Waals surface area (Å²) in [4.78, 5) is 16.2. The van der Waals surface area contributed by atoms with Crippen molar-refractivity contribution < 1.29 is 13.9 Å². The largest absolute Gasteiger partial charge is 0.381 e. The van der Waals surface area contributed by atoms with Gasteiger partial charge >= 0.3 is 0 Å². The number of carbonyl (C=O) groups excluding carboxylic acids is 1. The van der Waals surface area contributed by atoms with E-state index in [1.54, 1.807) is 29.1 Å². The average Bonchev–Trinajstić information content (AvgIpc) is 3.02. The number of ether oxygens (including phenoxy) is 1. The summed E-state index contributed by atoms with van der Waals surface area (Å²) in [6.07, 6.45) is 5.63. The average molecular weight is 304 g/mol. The number of carbonyl (C=O) groups is 1. The molecule has 3 rings (SSSR count). The van der Waals surface area contributed by atoms with Gasteiger partial charge < -0.3 is 20.4 Å². The highest BCUT2D eigenvalue weighted by Gasteiger charge is 2.35. The van der Waals surface area contributed by atoms with E-state index in [-0.39, 0.29) is 5.91 Å². The molecule has 7 heteroatoms. The Hall–Kier alpha value is -2.25. The lowest BCUT2D eigenvalue weighted by Gasteiger charge is -2.31. The zero-order valence-electron chi connectivity index (χ0n) is 12.0. The second-order valence-electron chi connectivity index (χ2n) is 5.36. The standard InChI is InChI=1S/C15H17FN4O2/c16-12-9-11(1-2-13(12)20-6-5-18-10-20)19-14(21)15(17)3-7-22-8-4-15/h1-2,5-6,9-10H,3-4,7-8,17H2,(H,19,21). The maximum absolute atomic E-state index is 14.2. The first-order chi connectivity index (χ1) is 10.6. The Labute approximate surface area is 127 Å². The fourth-order valence-electron chi connectivity index (χ4n) is 2.41. The van der Waals surface area contributed by atoms with Gasteiger partial charge in [-0.05, 0) is 31.0 Å². The van der Waals surface area contributed by atoms with Crippen LogP contribution in [-0.2, 0) is 9.53 Å². The molecule has 0 spiro atoms. The molecule has 1 aliphatic rings. The van der Waals surface area contributed by atoms with E-state index in [2.05, 4.69) is 10.3 Å². The highest BCUT2D eigenvalue weighted by molar-refractivity contribution is 5.98. The van der Waals surface area contributed by atoms with Crippen LogP contribution in [0.15, 0.2) is 36.9 Å². The third-order valence-corrected chi connectivity index (χ3v) is 3.83. The first-order valence-electron chi connectivity index (χ1n) is 7.04. The van der Waals surface area contributed by atoms with Gasteiger partial charge in [-0.25, -0.2) is 9.37 Å². The molecule has 1 fully saturated rings. The summed E-state index contributed by atoms with van der Waals surface area (Å²) in [6, 6.07) is 4.49. The van der Waals surface area contributed by atoms with E-state index in [4.69, 9.17) is 10.5 Å². The number of aromatic nitrogens is 2. The van der Waals surface area contributed by atoms with Crippen molar-refractivity contribution in [1.82, 2.24) is 9.55 Å². The lowest BCUT2D eigenvalue weighted by atomic mass is 9.90. The SMILES string of the molecule is NC1(C(=O)Nc2ccc(-n3ccnc3)c(F)c2)CCOCC1. The van der Waals surface area contributed by atoms with Gasteiger partial charge in [0.15, 0.2) is 0 Å². The van der Waals surface area contributed by atoms with Gasteiger partial charge in [0.05, 0.1) is 12.0 Å². The maximum atomic E-state index is 14.2. The van der Waals surface area contributed by atoms with Crippen molar-refractivity contribution in [3.05, 3.63) is 42.7 Å². The summed E-state index contributed by atoms with van der Waals surface area (Å²) in [6.45, 7) is 0.912. The third-order valence-electron chi connectivity index (χ3n) is 3.83. The molecule has 3 N–H and O–H groups in total. The molecule has 22 heavy (non-hydrogen) atoms. The summed E-state index contributed by atoms with van der Waals surface area (Å²) < 4.78 is 20.9. The number of benzene rings is 1. The monoisotopic (exact) mass is 304 g/mol. The van der Waals surface area contributed by atoms with Gasteiger partial charge in [0.1, 0.15) is 11.4 Å². The summed E-state index contributed by atoms with van der Waals surface area (Å²) in [7, 11) is 0. The molecule has 0 saturated carbocycles. The lowest BCUT2D eigenvalue weighted by Crippen LogP contribution is -2.54. The van der Waals surface area contributed by atoms with Gasteiger partial charge in [0.2, 0.25) is 5.91 Å². The minimum atomic E-state index is -0.961. The van der Waals surface area contributed by atoms with E-state index < -0.39 is 11.4 Å². The molecule has 0 aliphatic carbocycles. The zero-order chi connectivity index (χ0) is 15.6. The smallest absolute Gasteiger partial charge is 0.244 e. The number of hydrogen-bond acceptors (Lipinski definition) is 4. The van der Waals surface area contributed by atoms with Crippen LogP contribution < -0.4 is 11.1 Å². The van der Waals surface area contributed by atoms with E-state index in [1.165, 1.54) is 12.4 Å². The Kier molecular flexibility index (Phi) is 3.91. The number of rotatable bonds is 3. The minimum absolute atomic E-state index is 0.314. The first-order valence-corrected chi connectivity index (χ1v) is 7.04. The van der Waals surface area contributed by atoms with Crippen LogP contribution in [0.2, 0.25) is 0 Å². The quantitative estimate of drug-likeness (QED) is 0.899. The molecule has 116 valence electrons. The Balaban J connectivity index is 1.76. The first kappa shape index (κ1) is 14.7. The predicted molar refractivity (Wildman–Crippen MR) is 79.1 cm³/mol. The molecule has 2 heterocycles. The summed E-state index contributed by atoms with van der Waals surface area (Å²) in [5.41, 5.74) is 5.88. The number of hydrogen-bond donors (Lipinski definition) is 2. The molecule has 1 aliphatic heterocycles. The van der Waals surface area contributed by atoms with Gasteiger partial charge in [0, 0.05) is 31.3 Å². The van der Waals surface area contributed by atoms with Crippen molar-refractivity contribution >= 4 is 11.6 Å². The molecule has 2 aromatic rings. The maximum Gasteiger partial charge on any atom is 0.244 e. The Bertz CT molecular complexity index is 666. The molecular weight excluding hydrogens is 287 g/mol. The summed E-state index contributed by atoms with van der Waals surface area (Å²) in [5, 5.41) is 2.68. The van der Waals surface area contributed by atoms with E-state index in [0.29, 0.717) is 37.4 Å². The van der Waals surface area contributed by atoms with Crippen molar-refractivity contribution in [2.45, 2.75) is 18.4 Å². The van der Waals surface area contributed by atoms with Crippen molar-refractivity contribution in [2.75, 3.05) is 18.5 Å². The number of nitrogens with zero attached hydrogens (tertiary/aromatic N) is 2. The van der Waals surface area contributed by atoms with Crippen LogP contribution in [0.1, 0.15) is 12.8 Å². The molecule has 1 saturated heterocycles. The van der Waals surface area contributed by atoms with E-state index in [1.807, 2.05) is 0 Å². The number of nitrogens with two attached hydrogens (primary N) is 1.